The maximum atomic E-state index is 12.3. The van der Waals surface area contributed by atoms with Crippen LogP contribution in [0, 0.1) is 0 Å². The highest BCUT2D eigenvalue weighted by Crippen LogP contribution is 2.23. The minimum Gasteiger partial charge on any atom is -0.496 e. The summed E-state index contributed by atoms with van der Waals surface area (Å²) >= 11 is 0. The number of para-hydroxylation sites is 2. The molecule has 0 aliphatic rings. The maximum Gasteiger partial charge on any atom is 0.352 e. The summed E-state index contributed by atoms with van der Waals surface area (Å²) in [6.07, 6.45) is -0.0131. The van der Waals surface area contributed by atoms with Crippen molar-refractivity contribution in [2.24, 2.45) is 0 Å². The predicted molar refractivity (Wildman–Crippen MR) is 93.8 cm³/mol. The maximum absolute atomic E-state index is 12.3. The molecule has 6 heteroatoms. The molecule has 1 aromatic heterocycles. The van der Waals surface area contributed by atoms with Gasteiger partial charge in [0.15, 0.2) is 0 Å². The third-order valence-corrected chi connectivity index (χ3v) is 4.03. The van der Waals surface area contributed by atoms with E-state index < -0.39 is 5.97 Å². The molecule has 0 saturated heterocycles. The van der Waals surface area contributed by atoms with Gasteiger partial charge in [-0.25, -0.2) is 4.79 Å². The number of aromatic amines is 1. The zero-order valence-corrected chi connectivity index (χ0v) is 13.7. The fourth-order valence-corrected chi connectivity index (χ4v) is 2.83. The first kappa shape index (κ1) is 16.6. The topological polar surface area (TPSA) is 91.4 Å². The highest BCUT2D eigenvalue weighted by molar-refractivity contribution is 5.99. The number of nitrogens with one attached hydrogen (secondary N) is 2. The number of benzene rings is 2. The number of aromatic carboxylic acids is 1. The number of methoxy groups -OCH3 is 1. The van der Waals surface area contributed by atoms with Crippen molar-refractivity contribution in [3.05, 3.63) is 65.4 Å². The second-order valence-corrected chi connectivity index (χ2v) is 5.59. The summed E-state index contributed by atoms with van der Waals surface area (Å²) in [5, 5.41) is 12.9. The molecular formula is C19H18N2O4. The minimum absolute atomic E-state index is 0.0131. The van der Waals surface area contributed by atoms with Gasteiger partial charge in [-0.15, -0.1) is 0 Å². The number of ether oxygens (including phenoxy) is 1. The number of aromatic nitrogens is 1. The zero-order valence-electron chi connectivity index (χ0n) is 13.7. The summed E-state index contributed by atoms with van der Waals surface area (Å²) < 4.78 is 5.26. The van der Waals surface area contributed by atoms with Gasteiger partial charge in [0, 0.05) is 28.6 Å². The number of carbonyl (C=O) groups is 2. The van der Waals surface area contributed by atoms with Crippen molar-refractivity contribution in [1.29, 1.82) is 0 Å². The Hall–Kier alpha value is -3.28. The van der Waals surface area contributed by atoms with Crippen LogP contribution in [0.2, 0.25) is 0 Å². The molecule has 0 fully saturated rings. The number of amides is 1. The fraction of sp³-hybridized carbons (Fsp3) is 0.158. The van der Waals surface area contributed by atoms with E-state index in [1.807, 2.05) is 36.4 Å². The molecule has 1 heterocycles. The Morgan fingerprint density at radius 1 is 1.12 bits per heavy atom. The quantitative estimate of drug-likeness (QED) is 0.644. The molecule has 3 N–H and O–H groups in total. The molecule has 0 radical (unpaired) electrons. The van der Waals surface area contributed by atoms with E-state index in [1.54, 1.807) is 19.2 Å². The van der Waals surface area contributed by atoms with Crippen LogP contribution in [-0.4, -0.2) is 29.1 Å². The molecular weight excluding hydrogens is 320 g/mol. The molecule has 25 heavy (non-hydrogen) atoms. The van der Waals surface area contributed by atoms with E-state index in [-0.39, 0.29) is 18.0 Å². The van der Waals surface area contributed by atoms with Crippen LogP contribution in [-0.2, 0) is 17.8 Å². The molecule has 3 aromatic rings. The van der Waals surface area contributed by atoms with E-state index >= 15 is 0 Å². The molecule has 0 atom stereocenters. The molecule has 0 saturated carbocycles. The summed E-state index contributed by atoms with van der Waals surface area (Å²) in [6, 6.07) is 14.6. The van der Waals surface area contributed by atoms with Gasteiger partial charge in [0.05, 0.1) is 13.5 Å². The molecule has 0 aliphatic carbocycles. The number of fused-ring (bicyclic) bond motifs is 1. The smallest absolute Gasteiger partial charge is 0.352 e. The van der Waals surface area contributed by atoms with Crippen molar-refractivity contribution in [2.75, 3.05) is 7.11 Å². The summed E-state index contributed by atoms with van der Waals surface area (Å²) in [7, 11) is 1.58. The average Bonchev–Trinajstić information content (AvgIpc) is 2.99. The second-order valence-electron chi connectivity index (χ2n) is 5.59. The molecule has 6 nitrogen and oxygen atoms in total. The van der Waals surface area contributed by atoms with Gasteiger partial charge in [-0.3, -0.25) is 4.79 Å². The lowest BCUT2D eigenvalue weighted by atomic mass is 10.1. The number of carboxylic acid groups (broad SMARTS) is 1. The molecule has 3 rings (SSSR count). The van der Waals surface area contributed by atoms with Gasteiger partial charge in [0.25, 0.3) is 0 Å². The molecule has 0 aliphatic heterocycles. The van der Waals surface area contributed by atoms with Crippen LogP contribution in [0.5, 0.6) is 5.75 Å². The van der Waals surface area contributed by atoms with Crippen LogP contribution in [0.1, 0.15) is 21.6 Å². The van der Waals surface area contributed by atoms with Crippen LogP contribution in [0.4, 0.5) is 0 Å². The summed E-state index contributed by atoms with van der Waals surface area (Å²) in [5.74, 6) is -0.636. The number of carbonyl (C=O) groups excluding carboxylic acids is 1. The molecule has 2 aromatic carbocycles. The van der Waals surface area contributed by atoms with Crippen LogP contribution in [0.25, 0.3) is 10.9 Å². The van der Waals surface area contributed by atoms with Gasteiger partial charge in [-0.1, -0.05) is 36.4 Å². The Balaban J connectivity index is 1.78. The van der Waals surface area contributed by atoms with Crippen molar-refractivity contribution in [3.63, 3.8) is 0 Å². The number of rotatable bonds is 6. The normalized spacial score (nSPS) is 10.6. The van der Waals surface area contributed by atoms with Gasteiger partial charge in [-0.2, -0.15) is 0 Å². The summed E-state index contributed by atoms with van der Waals surface area (Å²) in [6.45, 7) is 0.313. The Morgan fingerprint density at radius 3 is 2.60 bits per heavy atom. The number of hydrogen-bond acceptors (Lipinski definition) is 3. The van der Waals surface area contributed by atoms with Crippen molar-refractivity contribution in [1.82, 2.24) is 10.3 Å². The number of hydrogen-bond donors (Lipinski definition) is 3. The van der Waals surface area contributed by atoms with Gasteiger partial charge in [-0.05, 0) is 12.1 Å². The highest BCUT2D eigenvalue weighted by Gasteiger charge is 2.19. The first-order valence-electron chi connectivity index (χ1n) is 7.81. The fourth-order valence-electron chi connectivity index (χ4n) is 2.83. The monoisotopic (exact) mass is 338 g/mol. The predicted octanol–water partition coefficient (Wildman–Crippen LogP) is 2.73. The van der Waals surface area contributed by atoms with E-state index in [9.17, 15) is 14.7 Å². The molecule has 0 unspecified atom stereocenters. The van der Waals surface area contributed by atoms with Gasteiger partial charge in [0.1, 0.15) is 11.4 Å². The third-order valence-electron chi connectivity index (χ3n) is 4.03. The highest BCUT2D eigenvalue weighted by atomic mass is 16.5. The average molecular weight is 338 g/mol. The minimum atomic E-state index is -1.08. The Labute approximate surface area is 144 Å². The van der Waals surface area contributed by atoms with Crippen molar-refractivity contribution in [3.8, 4) is 5.75 Å². The van der Waals surface area contributed by atoms with Crippen molar-refractivity contribution < 1.29 is 19.4 Å². The van der Waals surface area contributed by atoms with E-state index in [1.165, 1.54) is 0 Å². The molecule has 0 spiro atoms. The van der Waals surface area contributed by atoms with Crippen LogP contribution in [0.15, 0.2) is 48.5 Å². The number of H-pyrrole nitrogens is 1. The van der Waals surface area contributed by atoms with Crippen molar-refractivity contribution in [2.45, 2.75) is 13.0 Å². The molecule has 128 valence electrons. The Kier molecular flexibility index (Phi) is 4.70. The van der Waals surface area contributed by atoms with Crippen LogP contribution in [0.3, 0.4) is 0 Å². The first-order valence-corrected chi connectivity index (χ1v) is 7.81. The number of carboxylic acids is 1. The van der Waals surface area contributed by atoms with Gasteiger partial charge >= 0.3 is 5.97 Å². The lowest BCUT2D eigenvalue weighted by Crippen LogP contribution is -2.25. The first-order chi connectivity index (χ1) is 12.1. The summed E-state index contributed by atoms with van der Waals surface area (Å²) in [5.41, 5.74) is 2.09. The van der Waals surface area contributed by atoms with E-state index in [2.05, 4.69) is 10.3 Å². The van der Waals surface area contributed by atoms with Gasteiger partial charge < -0.3 is 20.1 Å². The van der Waals surface area contributed by atoms with E-state index in [0.29, 0.717) is 23.4 Å². The Bertz CT molecular complexity index is 930. The largest absolute Gasteiger partial charge is 0.496 e. The molecule has 0 bridgehead atoms. The second kappa shape index (κ2) is 7.09. The van der Waals surface area contributed by atoms with E-state index in [4.69, 9.17) is 4.74 Å². The molecule has 1 amide bonds. The van der Waals surface area contributed by atoms with E-state index in [0.717, 1.165) is 10.9 Å². The standard InChI is InChI=1S/C19H18N2O4/c1-25-16-9-5-2-6-12(16)11-20-17(22)10-14-13-7-3-4-8-15(13)21-18(14)19(23)24/h2-9,21H,10-11H2,1H3,(H,20,22)(H,23,24). The summed E-state index contributed by atoms with van der Waals surface area (Å²) in [4.78, 5) is 26.7. The van der Waals surface area contributed by atoms with Crippen LogP contribution >= 0.6 is 0 Å². The zero-order chi connectivity index (χ0) is 17.8. The SMILES string of the molecule is COc1ccccc1CNC(=O)Cc1c(C(=O)O)[nH]c2ccccc12. The van der Waals surface area contributed by atoms with Gasteiger partial charge in [0.2, 0.25) is 5.91 Å². The lowest BCUT2D eigenvalue weighted by Gasteiger charge is -2.09. The van der Waals surface area contributed by atoms with Crippen LogP contribution < -0.4 is 10.1 Å². The lowest BCUT2D eigenvalue weighted by molar-refractivity contribution is -0.120. The van der Waals surface area contributed by atoms with Crippen molar-refractivity contribution >= 4 is 22.8 Å². The Morgan fingerprint density at radius 2 is 1.84 bits per heavy atom. The third kappa shape index (κ3) is 3.47.